The van der Waals surface area contributed by atoms with Crippen LogP contribution in [0, 0.1) is 5.82 Å². The number of amides is 1. The van der Waals surface area contributed by atoms with E-state index in [-0.39, 0.29) is 24.8 Å². The van der Waals surface area contributed by atoms with Gasteiger partial charge in [-0.15, -0.1) is 0 Å². The molecule has 258 valence electrons. The number of ether oxygens (including phenoxy) is 2. The van der Waals surface area contributed by atoms with Crippen LogP contribution in [0.4, 0.5) is 10.1 Å². The number of halogens is 1. The van der Waals surface area contributed by atoms with Crippen LogP contribution in [0.1, 0.15) is 54.5 Å². The van der Waals surface area contributed by atoms with E-state index in [0.29, 0.717) is 46.1 Å². The lowest BCUT2D eigenvalue weighted by Crippen LogP contribution is -2.20. The fourth-order valence-electron chi connectivity index (χ4n) is 5.81. The van der Waals surface area contributed by atoms with Gasteiger partial charge in [0.05, 0.1) is 25.7 Å². The maximum absolute atomic E-state index is 14.4. The Morgan fingerprint density at radius 2 is 1.46 bits per heavy atom. The van der Waals surface area contributed by atoms with Crippen molar-refractivity contribution in [2.24, 2.45) is 0 Å². The first kappa shape index (κ1) is 35.8. The van der Waals surface area contributed by atoms with Crippen LogP contribution in [0.25, 0.3) is 28.3 Å². The van der Waals surface area contributed by atoms with E-state index >= 15 is 0 Å². The monoisotopic (exact) mass is 676 g/mol. The Morgan fingerprint density at radius 1 is 0.840 bits per heavy atom. The summed E-state index contributed by atoms with van der Waals surface area (Å²) in [6, 6.07) is 32.3. The van der Waals surface area contributed by atoms with Crippen molar-refractivity contribution in [3.05, 3.63) is 138 Å². The Hall–Kier alpha value is -5.51. The van der Waals surface area contributed by atoms with Crippen LogP contribution < -0.4 is 10.1 Å². The number of aromatic nitrogens is 1. The number of methoxy groups -OCH3 is 1. The number of carbonyl (C=O) groups is 2. The maximum atomic E-state index is 14.4. The lowest BCUT2D eigenvalue weighted by Gasteiger charge is -2.17. The van der Waals surface area contributed by atoms with Gasteiger partial charge in [-0.3, -0.25) is 9.59 Å². The summed E-state index contributed by atoms with van der Waals surface area (Å²) in [6.07, 6.45) is 0.623. The van der Waals surface area contributed by atoms with Crippen LogP contribution in [0.5, 0.6) is 5.75 Å². The second-order valence-electron chi connectivity index (χ2n) is 12.2. The summed E-state index contributed by atoms with van der Waals surface area (Å²) in [5, 5.41) is 24.3. The zero-order chi connectivity index (χ0) is 35.6. The van der Waals surface area contributed by atoms with Gasteiger partial charge in [-0.05, 0) is 73.0 Å². The number of carbonyl (C=O) groups excluding carboxylic acids is 2. The summed E-state index contributed by atoms with van der Waals surface area (Å²) in [6.45, 7) is 4.32. The molecule has 9 heteroatoms. The van der Waals surface area contributed by atoms with Crippen molar-refractivity contribution in [3.63, 3.8) is 0 Å². The number of esters is 1. The third kappa shape index (κ3) is 8.93. The van der Waals surface area contributed by atoms with Gasteiger partial charge in [-0.25, -0.2) is 4.39 Å². The molecule has 0 saturated heterocycles. The Morgan fingerprint density at radius 3 is 2.08 bits per heavy atom. The number of nitrogens with one attached hydrogen (secondary N) is 1. The zero-order valence-corrected chi connectivity index (χ0v) is 28.3. The van der Waals surface area contributed by atoms with E-state index in [0.717, 1.165) is 11.1 Å². The Labute approximate surface area is 291 Å². The predicted molar refractivity (Wildman–Crippen MR) is 193 cm³/mol. The quantitative estimate of drug-likeness (QED) is 0.103. The summed E-state index contributed by atoms with van der Waals surface area (Å²) in [5.41, 5.74) is 5.30. The Kier molecular flexibility index (Phi) is 12.0. The lowest BCUT2D eigenvalue weighted by atomic mass is 9.94. The molecule has 1 aromatic heterocycles. The highest BCUT2D eigenvalue weighted by molar-refractivity contribution is 6.12. The molecule has 0 fully saturated rings. The van der Waals surface area contributed by atoms with E-state index in [1.807, 2.05) is 79.1 Å². The second kappa shape index (κ2) is 16.7. The number of aliphatic hydroxyl groups is 2. The standard InChI is InChI=1S/C41H41FN2O6/c1-27(2)44-36(23-20-33(45)24-34(46)25-37(47)49-3)38(30-14-16-31(42)17-15-30)39(29-12-8-5-9-13-29)40(44)41(48)43-32-18-21-35(22-19-32)50-26-28-10-6-4-7-11-28/h4-23,27,33-34,45-46H,24-26H2,1-3H3,(H,43,48)/b23-20+/t33-,34-/m1/s1. The molecular weight excluding hydrogens is 635 g/mol. The smallest absolute Gasteiger partial charge is 0.308 e. The van der Waals surface area contributed by atoms with E-state index in [9.17, 15) is 24.2 Å². The van der Waals surface area contributed by atoms with Gasteiger partial charge in [0.15, 0.2) is 0 Å². The fraction of sp³-hybridized carbons (Fsp3) is 0.220. The second-order valence-corrected chi connectivity index (χ2v) is 12.2. The average Bonchev–Trinajstić information content (AvgIpc) is 3.47. The normalized spacial score (nSPS) is 12.5. The number of rotatable bonds is 14. The van der Waals surface area contributed by atoms with Gasteiger partial charge in [0.25, 0.3) is 5.91 Å². The number of benzene rings is 4. The van der Waals surface area contributed by atoms with Gasteiger partial charge in [0.1, 0.15) is 23.9 Å². The summed E-state index contributed by atoms with van der Waals surface area (Å²) in [7, 11) is 1.23. The Bertz CT molecular complexity index is 1900. The van der Waals surface area contributed by atoms with Gasteiger partial charge in [-0.2, -0.15) is 0 Å². The molecule has 0 radical (unpaired) electrons. The van der Waals surface area contributed by atoms with Crippen molar-refractivity contribution in [1.29, 1.82) is 0 Å². The van der Waals surface area contributed by atoms with Crippen LogP contribution in [0.3, 0.4) is 0 Å². The first-order valence-electron chi connectivity index (χ1n) is 16.4. The number of anilines is 1. The molecule has 0 aliphatic heterocycles. The number of hydrogen-bond donors (Lipinski definition) is 3. The van der Waals surface area contributed by atoms with Gasteiger partial charge < -0.3 is 29.6 Å². The molecule has 3 N–H and O–H groups in total. The van der Waals surface area contributed by atoms with Gasteiger partial charge in [-0.1, -0.05) is 78.9 Å². The highest BCUT2D eigenvalue weighted by Crippen LogP contribution is 2.43. The molecule has 0 saturated carbocycles. The van der Waals surface area contributed by atoms with Crippen LogP contribution in [-0.4, -0.2) is 46.0 Å². The van der Waals surface area contributed by atoms with Crippen LogP contribution in [-0.2, 0) is 16.1 Å². The van der Waals surface area contributed by atoms with Gasteiger partial charge in [0, 0.05) is 35.0 Å². The minimum absolute atomic E-state index is 0.107. The number of nitrogens with zero attached hydrogens (tertiary/aromatic N) is 1. The molecule has 1 heterocycles. The first-order valence-corrected chi connectivity index (χ1v) is 16.4. The molecule has 8 nitrogen and oxygen atoms in total. The summed E-state index contributed by atoms with van der Waals surface area (Å²) < 4.78 is 26.6. The molecule has 4 aromatic carbocycles. The van der Waals surface area contributed by atoms with Crippen LogP contribution >= 0.6 is 0 Å². The average molecular weight is 677 g/mol. The fourth-order valence-corrected chi connectivity index (χ4v) is 5.81. The van der Waals surface area contributed by atoms with Crippen molar-refractivity contribution in [3.8, 4) is 28.0 Å². The molecule has 1 amide bonds. The molecule has 0 unspecified atom stereocenters. The molecule has 5 aromatic rings. The van der Waals surface area contributed by atoms with Crippen molar-refractivity contribution in [1.82, 2.24) is 4.57 Å². The largest absolute Gasteiger partial charge is 0.489 e. The van der Waals surface area contributed by atoms with Crippen molar-refractivity contribution in [2.75, 3.05) is 12.4 Å². The SMILES string of the molecule is COC(=O)C[C@H](O)C[C@H](O)/C=C/c1c(-c2ccc(F)cc2)c(-c2ccccc2)c(C(=O)Nc2ccc(OCc3ccccc3)cc2)n1C(C)C. The van der Waals surface area contributed by atoms with E-state index in [4.69, 9.17) is 4.74 Å². The lowest BCUT2D eigenvalue weighted by molar-refractivity contribution is -0.143. The molecule has 50 heavy (non-hydrogen) atoms. The van der Waals surface area contributed by atoms with Crippen LogP contribution in [0.2, 0.25) is 0 Å². The predicted octanol–water partition coefficient (Wildman–Crippen LogP) is 8.06. The van der Waals surface area contributed by atoms with E-state index < -0.39 is 24.0 Å². The summed E-state index contributed by atoms with van der Waals surface area (Å²) in [4.78, 5) is 26.1. The van der Waals surface area contributed by atoms with Crippen molar-refractivity contribution < 1.29 is 33.7 Å². The summed E-state index contributed by atoms with van der Waals surface area (Å²) >= 11 is 0. The molecule has 0 spiro atoms. The van der Waals surface area contributed by atoms with E-state index in [2.05, 4.69) is 10.1 Å². The number of aliphatic hydroxyl groups excluding tert-OH is 2. The molecule has 5 rings (SSSR count). The molecule has 2 atom stereocenters. The van der Waals surface area contributed by atoms with Crippen molar-refractivity contribution >= 4 is 23.6 Å². The van der Waals surface area contributed by atoms with E-state index in [1.165, 1.54) is 25.3 Å². The highest BCUT2D eigenvalue weighted by Gasteiger charge is 2.29. The third-order valence-corrected chi connectivity index (χ3v) is 8.15. The minimum Gasteiger partial charge on any atom is -0.489 e. The molecular formula is C41H41FN2O6. The van der Waals surface area contributed by atoms with Crippen LogP contribution in [0.15, 0.2) is 115 Å². The maximum Gasteiger partial charge on any atom is 0.308 e. The van der Waals surface area contributed by atoms with Gasteiger partial charge in [0.2, 0.25) is 0 Å². The van der Waals surface area contributed by atoms with E-state index in [1.54, 1.807) is 42.5 Å². The highest BCUT2D eigenvalue weighted by atomic mass is 19.1. The number of hydrogen-bond acceptors (Lipinski definition) is 6. The van der Waals surface area contributed by atoms with Crippen molar-refractivity contribution in [2.45, 2.75) is 51.5 Å². The molecule has 0 aliphatic rings. The van der Waals surface area contributed by atoms with Gasteiger partial charge >= 0.3 is 5.97 Å². The molecule has 0 bridgehead atoms. The molecule has 0 aliphatic carbocycles. The minimum atomic E-state index is -1.12. The zero-order valence-electron chi connectivity index (χ0n) is 28.3. The topological polar surface area (TPSA) is 110 Å². The summed E-state index contributed by atoms with van der Waals surface area (Å²) in [5.74, 6) is -0.700. The Balaban J connectivity index is 1.56. The third-order valence-electron chi connectivity index (χ3n) is 8.15. The first-order chi connectivity index (χ1) is 24.1.